The van der Waals surface area contributed by atoms with Gasteiger partial charge in [0.05, 0.1) is 11.6 Å². The Morgan fingerprint density at radius 1 is 1.45 bits per heavy atom. The lowest BCUT2D eigenvalue weighted by molar-refractivity contribution is -0.155. The zero-order chi connectivity index (χ0) is 14.8. The highest BCUT2D eigenvalue weighted by Crippen LogP contribution is 2.26. The fraction of sp³-hybridized carbons (Fsp3) is 0.500. The van der Waals surface area contributed by atoms with Crippen molar-refractivity contribution in [2.45, 2.75) is 51.7 Å². The van der Waals surface area contributed by atoms with Gasteiger partial charge < -0.3 is 10.1 Å². The molecule has 1 aliphatic heterocycles. The number of esters is 1. The van der Waals surface area contributed by atoms with Crippen molar-refractivity contribution in [3.05, 3.63) is 29.3 Å². The van der Waals surface area contributed by atoms with Gasteiger partial charge in [0, 0.05) is 5.69 Å². The molecule has 106 valence electrons. The summed E-state index contributed by atoms with van der Waals surface area (Å²) in [6.07, 6.45) is 2.52. The largest absolute Gasteiger partial charge is 0.458 e. The van der Waals surface area contributed by atoms with E-state index in [2.05, 4.69) is 11.4 Å². The van der Waals surface area contributed by atoms with Crippen molar-refractivity contribution in [1.29, 1.82) is 5.26 Å². The van der Waals surface area contributed by atoms with Crippen LogP contribution in [-0.2, 0) is 16.0 Å². The van der Waals surface area contributed by atoms with Crippen LogP contribution in [0, 0.1) is 11.3 Å². The van der Waals surface area contributed by atoms with Crippen LogP contribution < -0.4 is 5.32 Å². The smallest absolute Gasteiger partial charge is 0.329 e. The SMILES string of the molecule is CC(C)(C)OC(=O)C1CCCc2cc(C#N)ccc2N1. The van der Waals surface area contributed by atoms with Crippen molar-refractivity contribution in [2.75, 3.05) is 5.32 Å². The van der Waals surface area contributed by atoms with Crippen LogP contribution >= 0.6 is 0 Å². The third-order valence-electron chi connectivity index (χ3n) is 3.19. The molecular formula is C16H20N2O2. The first kappa shape index (κ1) is 14.4. The molecule has 0 saturated carbocycles. The molecule has 4 nitrogen and oxygen atoms in total. The first-order valence-electron chi connectivity index (χ1n) is 6.91. The minimum Gasteiger partial charge on any atom is -0.458 e. The van der Waals surface area contributed by atoms with E-state index in [-0.39, 0.29) is 12.0 Å². The number of carbonyl (C=O) groups is 1. The number of ether oxygens (including phenoxy) is 1. The zero-order valence-electron chi connectivity index (χ0n) is 12.2. The van der Waals surface area contributed by atoms with Crippen molar-refractivity contribution >= 4 is 11.7 Å². The number of carbonyl (C=O) groups excluding carboxylic acids is 1. The first-order chi connectivity index (χ1) is 9.39. The van der Waals surface area contributed by atoms with E-state index >= 15 is 0 Å². The van der Waals surface area contributed by atoms with Crippen LogP contribution in [0.5, 0.6) is 0 Å². The molecule has 0 amide bonds. The van der Waals surface area contributed by atoms with Crippen molar-refractivity contribution < 1.29 is 9.53 Å². The standard InChI is InChI=1S/C16H20N2O2/c1-16(2,3)20-15(19)14-6-4-5-12-9-11(10-17)7-8-13(12)18-14/h7-9,14,18H,4-6H2,1-3H3. The van der Waals surface area contributed by atoms with Crippen LogP contribution in [0.15, 0.2) is 18.2 Å². The number of rotatable bonds is 1. The Hall–Kier alpha value is -2.02. The van der Waals surface area contributed by atoms with E-state index in [0.29, 0.717) is 5.56 Å². The molecule has 0 saturated heterocycles. The van der Waals surface area contributed by atoms with Gasteiger partial charge in [-0.25, -0.2) is 4.79 Å². The maximum atomic E-state index is 12.2. The lowest BCUT2D eigenvalue weighted by atomic mass is 10.0. The van der Waals surface area contributed by atoms with Gasteiger partial charge in [-0.3, -0.25) is 0 Å². The van der Waals surface area contributed by atoms with Gasteiger partial charge >= 0.3 is 5.97 Å². The average molecular weight is 272 g/mol. The van der Waals surface area contributed by atoms with E-state index < -0.39 is 5.60 Å². The van der Waals surface area contributed by atoms with Crippen LogP contribution in [0.1, 0.15) is 44.7 Å². The summed E-state index contributed by atoms with van der Waals surface area (Å²) in [4.78, 5) is 12.2. The normalized spacial score (nSPS) is 18.2. The van der Waals surface area contributed by atoms with Gasteiger partial charge in [-0.15, -0.1) is 0 Å². The van der Waals surface area contributed by atoms with Crippen LogP contribution in [0.2, 0.25) is 0 Å². The minimum atomic E-state index is -0.474. The number of fused-ring (bicyclic) bond motifs is 1. The summed E-state index contributed by atoms with van der Waals surface area (Å²) in [7, 11) is 0. The van der Waals surface area contributed by atoms with Crippen molar-refractivity contribution in [3.63, 3.8) is 0 Å². The lowest BCUT2D eigenvalue weighted by Crippen LogP contribution is -2.36. The Balaban J connectivity index is 2.16. The Morgan fingerprint density at radius 3 is 2.85 bits per heavy atom. The molecule has 1 aromatic carbocycles. The number of hydrogen-bond acceptors (Lipinski definition) is 4. The van der Waals surface area contributed by atoms with E-state index in [0.717, 1.165) is 30.5 Å². The number of nitrogens with one attached hydrogen (secondary N) is 1. The Kier molecular flexibility index (Phi) is 3.99. The molecule has 0 fully saturated rings. The highest BCUT2D eigenvalue weighted by Gasteiger charge is 2.27. The molecule has 0 aliphatic carbocycles. The molecule has 1 unspecified atom stereocenters. The number of benzene rings is 1. The van der Waals surface area contributed by atoms with Gasteiger partial charge in [0.1, 0.15) is 11.6 Å². The second-order valence-electron chi connectivity index (χ2n) is 6.11. The molecule has 4 heteroatoms. The maximum Gasteiger partial charge on any atom is 0.329 e. The lowest BCUT2D eigenvalue weighted by Gasteiger charge is -2.24. The van der Waals surface area contributed by atoms with E-state index in [4.69, 9.17) is 10.00 Å². The minimum absolute atomic E-state index is 0.213. The maximum absolute atomic E-state index is 12.2. The quantitative estimate of drug-likeness (QED) is 0.798. The van der Waals surface area contributed by atoms with Gasteiger partial charge in [-0.1, -0.05) is 0 Å². The van der Waals surface area contributed by atoms with Crippen LogP contribution in [0.4, 0.5) is 5.69 Å². The summed E-state index contributed by atoms with van der Waals surface area (Å²) in [5, 5.41) is 12.2. The molecule has 0 radical (unpaired) electrons. The summed E-state index contributed by atoms with van der Waals surface area (Å²) < 4.78 is 5.44. The number of anilines is 1. The number of hydrogen-bond donors (Lipinski definition) is 1. The van der Waals surface area contributed by atoms with Crippen LogP contribution in [0.25, 0.3) is 0 Å². The molecule has 1 heterocycles. The Bertz CT molecular complexity index is 553. The number of nitriles is 1. The van der Waals surface area contributed by atoms with E-state index in [1.807, 2.05) is 32.9 Å². The Morgan fingerprint density at radius 2 is 2.20 bits per heavy atom. The molecule has 1 N–H and O–H groups in total. The van der Waals surface area contributed by atoms with E-state index in [1.54, 1.807) is 6.07 Å². The summed E-state index contributed by atoms with van der Waals surface area (Å²) in [6.45, 7) is 5.61. The molecule has 1 atom stereocenters. The highest BCUT2D eigenvalue weighted by atomic mass is 16.6. The molecule has 2 rings (SSSR count). The predicted octanol–water partition coefficient (Wildman–Crippen LogP) is 3.02. The van der Waals surface area contributed by atoms with Crippen molar-refractivity contribution in [3.8, 4) is 6.07 Å². The fourth-order valence-corrected chi connectivity index (χ4v) is 2.32. The van der Waals surface area contributed by atoms with Gasteiger partial charge in [0.25, 0.3) is 0 Å². The first-order valence-corrected chi connectivity index (χ1v) is 6.91. The molecule has 20 heavy (non-hydrogen) atoms. The summed E-state index contributed by atoms with van der Waals surface area (Å²) >= 11 is 0. The van der Waals surface area contributed by atoms with Gasteiger partial charge in [-0.2, -0.15) is 5.26 Å². The third kappa shape index (κ3) is 3.51. The summed E-state index contributed by atoms with van der Waals surface area (Å²) in [6, 6.07) is 7.35. The fourth-order valence-electron chi connectivity index (χ4n) is 2.32. The van der Waals surface area contributed by atoms with E-state index in [9.17, 15) is 4.79 Å². The second kappa shape index (κ2) is 5.54. The second-order valence-corrected chi connectivity index (χ2v) is 6.11. The van der Waals surface area contributed by atoms with Crippen LogP contribution in [-0.4, -0.2) is 17.6 Å². The average Bonchev–Trinajstić information content (AvgIpc) is 2.57. The molecule has 1 aromatic rings. The van der Waals surface area contributed by atoms with E-state index in [1.165, 1.54) is 0 Å². The summed E-state index contributed by atoms with van der Waals surface area (Å²) in [5.41, 5.74) is 2.20. The third-order valence-corrected chi connectivity index (χ3v) is 3.19. The highest BCUT2D eigenvalue weighted by molar-refractivity contribution is 5.80. The predicted molar refractivity (Wildman–Crippen MR) is 77.4 cm³/mol. The topological polar surface area (TPSA) is 62.1 Å². The van der Waals surface area contributed by atoms with Gasteiger partial charge in [-0.05, 0) is 63.8 Å². The van der Waals surface area contributed by atoms with Crippen molar-refractivity contribution in [1.82, 2.24) is 0 Å². The van der Waals surface area contributed by atoms with Crippen molar-refractivity contribution in [2.24, 2.45) is 0 Å². The molecule has 0 spiro atoms. The Labute approximate surface area is 119 Å². The van der Waals surface area contributed by atoms with Gasteiger partial charge in [0.2, 0.25) is 0 Å². The molecule has 0 bridgehead atoms. The molecule has 1 aliphatic rings. The molecular weight excluding hydrogens is 252 g/mol. The molecule has 0 aromatic heterocycles. The number of nitrogens with zero attached hydrogens (tertiary/aromatic N) is 1. The zero-order valence-corrected chi connectivity index (χ0v) is 12.2. The van der Waals surface area contributed by atoms with Gasteiger partial charge in [0.15, 0.2) is 0 Å². The monoisotopic (exact) mass is 272 g/mol. The number of aryl methyl sites for hydroxylation is 1. The summed E-state index contributed by atoms with van der Waals surface area (Å²) in [5.74, 6) is -0.213. The van der Waals surface area contributed by atoms with Crippen LogP contribution in [0.3, 0.4) is 0 Å².